The summed E-state index contributed by atoms with van der Waals surface area (Å²) in [4.78, 5) is 27.6. The Hall–Kier alpha value is -2.00. The van der Waals surface area contributed by atoms with Gasteiger partial charge in [0.1, 0.15) is 6.04 Å². The van der Waals surface area contributed by atoms with Crippen LogP contribution in [0.2, 0.25) is 15.1 Å². The maximum Gasteiger partial charge on any atom is 0.242 e. The molecule has 11 heteroatoms. The van der Waals surface area contributed by atoms with Crippen LogP contribution in [0.3, 0.4) is 0 Å². The number of nitrogens with zero attached hydrogens (tertiary/aromatic N) is 2. The van der Waals surface area contributed by atoms with E-state index in [1.165, 1.54) is 9.21 Å². The molecule has 1 atom stereocenters. The van der Waals surface area contributed by atoms with Gasteiger partial charge in [-0.3, -0.25) is 13.9 Å². The van der Waals surface area contributed by atoms with Gasteiger partial charge < -0.3 is 10.2 Å². The number of carbonyl (C=O) groups excluding carboxylic acids is 2. The SMILES string of the molecule is CC(C)CNC(=O)[C@@H](C)N(Cc1c(Cl)cccc1Cl)C(=O)CCCN(c1ccc(Cl)cc1)S(C)(=O)=O. The highest BCUT2D eigenvalue weighted by molar-refractivity contribution is 7.92. The average Bonchev–Trinajstić information content (AvgIpc) is 2.79. The number of carbonyl (C=O) groups is 2. The van der Waals surface area contributed by atoms with Gasteiger partial charge in [-0.25, -0.2) is 8.42 Å². The molecule has 2 amide bonds. The number of nitrogens with one attached hydrogen (secondary N) is 1. The molecule has 1 N–H and O–H groups in total. The first-order valence-electron chi connectivity index (χ1n) is 11.5. The third-order valence-electron chi connectivity index (χ3n) is 5.51. The van der Waals surface area contributed by atoms with Gasteiger partial charge in [-0.1, -0.05) is 54.7 Å². The second-order valence-electron chi connectivity index (χ2n) is 8.95. The van der Waals surface area contributed by atoms with Gasteiger partial charge in [-0.2, -0.15) is 0 Å². The van der Waals surface area contributed by atoms with Crippen LogP contribution in [0.1, 0.15) is 39.2 Å². The van der Waals surface area contributed by atoms with E-state index in [4.69, 9.17) is 34.8 Å². The van der Waals surface area contributed by atoms with Gasteiger partial charge in [-0.05, 0) is 55.7 Å². The third kappa shape index (κ3) is 8.83. The molecular formula is C25H32Cl3N3O4S. The summed E-state index contributed by atoms with van der Waals surface area (Å²) < 4.78 is 26.0. The molecule has 0 saturated heterocycles. The fourth-order valence-corrected chi connectivity index (χ4v) is 5.11. The highest BCUT2D eigenvalue weighted by Gasteiger charge is 2.28. The molecular weight excluding hydrogens is 545 g/mol. The topological polar surface area (TPSA) is 86.8 Å². The van der Waals surface area contributed by atoms with Crippen molar-refractivity contribution < 1.29 is 18.0 Å². The average molecular weight is 577 g/mol. The van der Waals surface area contributed by atoms with Gasteiger partial charge in [0.05, 0.1) is 11.9 Å². The highest BCUT2D eigenvalue weighted by atomic mass is 35.5. The van der Waals surface area contributed by atoms with E-state index in [0.717, 1.165) is 6.26 Å². The summed E-state index contributed by atoms with van der Waals surface area (Å²) in [5.74, 6) is -0.361. The number of hydrogen-bond acceptors (Lipinski definition) is 4. The van der Waals surface area contributed by atoms with Crippen molar-refractivity contribution in [2.45, 2.75) is 46.2 Å². The molecule has 0 radical (unpaired) electrons. The molecule has 0 aliphatic heterocycles. The van der Waals surface area contributed by atoms with E-state index in [-0.39, 0.29) is 43.7 Å². The summed E-state index contributed by atoms with van der Waals surface area (Å²) in [5, 5.41) is 4.12. The van der Waals surface area contributed by atoms with Gasteiger partial charge in [0.15, 0.2) is 0 Å². The Balaban J connectivity index is 2.21. The molecule has 36 heavy (non-hydrogen) atoms. The predicted octanol–water partition coefficient (Wildman–Crippen LogP) is 5.38. The van der Waals surface area contributed by atoms with E-state index in [1.54, 1.807) is 49.4 Å². The number of amides is 2. The van der Waals surface area contributed by atoms with Gasteiger partial charge in [0, 0.05) is 46.7 Å². The van der Waals surface area contributed by atoms with Crippen LogP contribution in [0.15, 0.2) is 42.5 Å². The van der Waals surface area contributed by atoms with Crippen molar-refractivity contribution >= 4 is 62.3 Å². The van der Waals surface area contributed by atoms with Crippen LogP contribution in [0, 0.1) is 5.92 Å². The highest BCUT2D eigenvalue weighted by Crippen LogP contribution is 2.27. The number of rotatable bonds is 12. The monoisotopic (exact) mass is 575 g/mol. The molecule has 0 fully saturated rings. The van der Waals surface area contributed by atoms with E-state index in [0.29, 0.717) is 32.9 Å². The minimum atomic E-state index is -3.59. The Kier molecular flexibility index (Phi) is 11.3. The third-order valence-corrected chi connectivity index (χ3v) is 7.66. The first kappa shape index (κ1) is 30.2. The molecule has 0 heterocycles. The molecule has 0 saturated carbocycles. The lowest BCUT2D eigenvalue weighted by Crippen LogP contribution is -2.48. The lowest BCUT2D eigenvalue weighted by atomic mass is 10.1. The van der Waals surface area contributed by atoms with Crippen molar-refractivity contribution in [1.29, 1.82) is 0 Å². The van der Waals surface area contributed by atoms with Crippen molar-refractivity contribution in [2.75, 3.05) is 23.7 Å². The Morgan fingerprint density at radius 2 is 1.56 bits per heavy atom. The molecule has 198 valence electrons. The molecule has 2 aromatic carbocycles. The summed E-state index contributed by atoms with van der Waals surface area (Å²) in [6.45, 7) is 6.20. The van der Waals surface area contributed by atoms with E-state index in [9.17, 15) is 18.0 Å². The predicted molar refractivity (Wildman–Crippen MR) is 147 cm³/mol. The maximum absolute atomic E-state index is 13.3. The van der Waals surface area contributed by atoms with Crippen molar-refractivity contribution in [1.82, 2.24) is 10.2 Å². The summed E-state index contributed by atoms with van der Waals surface area (Å²) in [6.07, 6.45) is 1.36. The van der Waals surface area contributed by atoms with Crippen molar-refractivity contribution in [3.63, 3.8) is 0 Å². The second-order valence-corrected chi connectivity index (χ2v) is 12.1. The maximum atomic E-state index is 13.3. The van der Waals surface area contributed by atoms with Crippen LogP contribution in [-0.2, 0) is 26.2 Å². The zero-order valence-electron chi connectivity index (χ0n) is 20.8. The lowest BCUT2D eigenvalue weighted by molar-refractivity contribution is -0.140. The molecule has 0 bridgehead atoms. The number of benzene rings is 2. The van der Waals surface area contributed by atoms with E-state index in [2.05, 4.69) is 5.32 Å². The van der Waals surface area contributed by atoms with Crippen LogP contribution < -0.4 is 9.62 Å². The van der Waals surface area contributed by atoms with Gasteiger partial charge in [0.2, 0.25) is 21.8 Å². The second kappa shape index (κ2) is 13.5. The van der Waals surface area contributed by atoms with Crippen molar-refractivity contribution in [3.05, 3.63) is 63.1 Å². The van der Waals surface area contributed by atoms with Crippen molar-refractivity contribution in [2.24, 2.45) is 5.92 Å². The minimum Gasteiger partial charge on any atom is -0.354 e. The zero-order valence-corrected chi connectivity index (χ0v) is 23.9. The fraction of sp³-hybridized carbons (Fsp3) is 0.440. The van der Waals surface area contributed by atoms with Crippen LogP contribution in [0.5, 0.6) is 0 Å². The largest absolute Gasteiger partial charge is 0.354 e. The summed E-state index contributed by atoms with van der Waals surface area (Å²) in [7, 11) is -3.59. The quantitative estimate of drug-likeness (QED) is 0.367. The number of halogens is 3. The van der Waals surface area contributed by atoms with Crippen LogP contribution in [0.25, 0.3) is 0 Å². The Morgan fingerprint density at radius 1 is 0.972 bits per heavy atom. The molecule has 2 rings (SSSR count). The van der Waals surface area contributed by atoms with E-state index < -0.39 is 16.1 Å². The van der Waals surface area contributed by atoms with E-state index >= 15 is 0 Å². The Bertz CT molecular complexity index is 1140. The van der Waals surface area contributed by atoms with Crippen LogP contribution in [-0.4, -0.2) is 50.5 Å². The molecule has 7 nitrogen and oxygen atoms in total. The summed E-state index contributed by atoms with van der Waals surface area (Å²) in [6, 6.07) is 10.7. The molecule has 0 aromatic heterocycles. The molecule has 0 spiro atoms. The molecule has 0 aliphatic rings. The molecule has 2 aromatic rings. The van der Waals surface area contributed by atoms with Gasteiger partial charge >= 0.3 is 0 Å². The minimum absolute atomic E-state index is 0.0173. The van der Waals surface area contributed by atoms with E-state index in [1.807, 2.05) is 13.8 Å². The first-order valence-corrected chi connectivity index (χ1v) is 14.5. The number of hydrogen-bond donors (Lipinski definition) is 1. The fourth-order valence-electron chi connectivity index (χ4n) is 3.50. The van der Waals surface area contributed by atoms with Crippen LogP contribution in [0.4, 0.5) is 5.69 Å². The van der Waals surface area contributed by atoms with Gasteiger partial charge in [0.25, 0.3) is 0 Å². The number of sulfonamides is 1. The summed E-state index contributed by atoms with van der Waals surface area (Å²) in [5.41, 5.74) is 0.993. The normalized spacial score (nSPS) is 12.3. The zero-order chi connectivity index (χ0) is 27.0. The Labute approximate surface area is 228 Å². The standard InChI is InChI=1S/C25H32Cl3N3O4S/c1-17(2)15-29-25(33)18(3)30(16-21-22(27)7-5-8-23(21)28)24(32)9-6-14-31(36(4,34)35)20-12-10-19(26)11-13-20/h5,7-8,10-13,17-18H,6,9,14-16H2,1-4H3,(H,29,33)/t18-/m1/s1. The van der Waals surface area contributed by atoms with Crippen molar-refractivity contribution in [3.8, 4) is 0 Å². The molecule has 0 aliphatic carbocycles. The summed E-state index contributed by atoms with van der Waals surface area (Å²) >= 11 is 18.6. The van der Waals surface area contributed by atoms with Crippen LogP contribution >= 0.6 is 34.8 Å². The number of anilines is 1. The molecule has 0 unspecified atom stereocenters. The lowest BCUT2D eigenvalue weighted by Gasteiger charge is -2.30. The first-order chi connectivity index (χ1) is 16.8. The smallest absolute Gasteiger partial charge is 0.242 e. The Morgan fingerprint density at radius 3 is 2.08 bits per heavy atom. The van der Waals surface area contributed by atoms with Gasteiger partial charge in [-0.15, -0.1) is 0 Å².